The van der Waals surface area contributed by atoms with Gasteiger partial charge in [-0.3, -0.25) is 9.63 Å². The molecule has 0 aliphatic carbocycles. The lowest BCUT2D eigenvalue weighted by Crippen LogP contribution is -2.65. The van der Waals surface area contributed by atoms with Gasteiger partial charge in [0.1, 0.15) is 17.7 Å². The summed E-state index contributed by atoms with van der Waals surface area (Å²) in [5.74, 6) is -0.571. The van der Waals surface area contributed by atoms with Crippen LogP contribution in [0.5, 0.6) is 5.75 Å². The third-order valence-electron chi connectivity index (χ3n) is 6.11. The van der Waals surface area contributed by atoms with Crippen LogP contribution in [-0.4, -0.2) is 58.5 Å². The lowest BCUT2D eigenvalue weighted by Gasteiger charge is -2.38. The van der Waals surface area contributed by atoms with Crippen molar-refractivity contribution < 1.29 is 29.1 Å². The maximum absolute atomic E-state index is 13.3. The van der Waals surface area contributed by atoms with Gasteiger partial charge in [-0.15, -0.1) is 16.8 Å². The molecule has 0 radical (unpaired) electrons. The molecule has 198 valence electrons. The molecular weight excluding hydrogens is 506 g/mol. The Morgan fingerprint density at radius 2 is 1.79 bits per heavy atom. The second kappa shape index (κ2) is 12.1. The predicted octanol–water partition coefficient (Wildman–Crippen LogP) is 4.34. The van der Waals surface area contributed by atoms with E-state index in [1.165, 1.54) is 36.1 Å². The molecule has 1 heterocycles. The quantitative estimate of drug-likeness (QED) is 0.351. The normalized spacial score (nSPS) is 19.1. The van der Waals surface area contributed by atoms with E-state index in [1.54, 1.807) is 18.2 Å². The number of thioether (sulfide) groups is 1. The molecule has 4 rings (SSSR count). The van der Waals surface area contributed by atoms with E-state index in [0.717, 1.165) is 11.1 Å². The molecule has 1 aliphatic heterocycles. The Morgan fingerprint density at radius 1 is 1.05 bits per heavy atom. The number of aromatic carboxylic acids is 1. The molecule has 2 unspecified atom stereocenters. The summed E-state index contributed by atoms with van der Waals surface area (Å²) in [6.07, 6.45) is 0.200. The van der Waals surface area contributed by atoms with Crippen molar-refractivity contribution in [2.75, 3.05) is 24.8 Å². The van der Waals surface area contributed by atoms with Crippen LogP contribution in [0.1, 0.15) is 21.5 Å². The topological polar surface area (TPSA) is 117 Å². The summed E-state index contributed by atoms with van der Waals surface area (Å²) in [6.45, 7) is 1.78. The van der Waals surface area contributed by atoms with Gasteiger partial charge >= 0.3 is 12.0 Å². The number of ether oxygens (including phenoxy) is 1. The first kappa shape index (κ1) is 27.2. The zero-order valence-electron chi connectivity index (χ0n) is 21.0. The minimum absolute atomic E-state index is 0.0714. The fourth-order valence-corrected chi connectivity index (χ4v) is 5.59. The fraction of sp³-hybridized carbons (Fsp3) is 0.250. The van der Waals surface area contributed by atoms with Crippen molar-refractivity contribution in [3.63, 3.8) is 0 Å². The second-order valence-electron chi connectivity index (χ2n) is 8.85. The molecule has 2 amide bonds. The number of benzene rings is 3. The Bertz CT molecular complexity index is 1300. The number of carboxylic acid groups (broad SMARTS) is 1. The number of carboxylic acids is 1. The summed E-state index contributed by atoms with van der Waals surface area (Å²) in [4.78, 5) is 43.6. The van der Waals surface area contributed by atoms with E-state index in [0.29, 0.717) is 11.4 Å². The number of Topliss-reactive ketones (excluding diaryl/α,β-unsaturated/α-hetero) is 1. The van der Waals surface area contributed by atoms with E-state index in [1.807, 2.05) is 55.5 Å². The molecule has 0 spiro atoms. The standard InChI is InChI=1S/C28H29N3O6S/c1-19-9-6-7-14-23(19)29-27(35)30-28(17-37-22-13-8-12-21(16-22)26(33)34)18-38-25(31(28)36-2)24(32)15-20-10-4-3-5-11-20/h3-14,16,25H,15,17-18H2,1-2H3,(H,33,34)(H2,29,30,35). The number of rotatable bonds is 10. The fourth-order valence-electron chi connectivity index (χ4n) is 4.18. The number of nitrogens with one attached hydrogen (secondary N) is 2. The number of ketones is 1. The first-order valence-corrected chi connectivity index (χ1v) is 13.0. The molecule has 10 heteroatoms. The SMILES string of the molecule is CON1C(C(=O)Cc2ccccc2)SCC1(COc1cccc(C(=O)O)c1)NC(=O)Nc1ccccc1C. The third-order valence-corrected chi connectivity index (χ3v) is 7.52. The van der Waals surface area contributed by atoms with Crippen LogP contribution in [0.25, 0.3) is 0 Å². The summed E-state index contributed by atoms with van der Waals surface area (Å²) in [5.41, 5.74) is 1.24. The third kappa shape index (κ3) is 6.34. The van der Waals surface area contributed by atoms with Crippen molar-refractivity contribution in [3.8, 4) is 5.75 Å². The van der Waals surface area contributed by atoms with E-state index >= 15 is 0 Å². The van der Waals surface area contributed by atoms with E-state index in [2.05, 4.69) is 10.6 Å². The van der Waals surface area contributed by atoms with Crippen molar-refractivity contribution in [3.05, 3.63) is 95.6 Å². The summed E-state index contributed by atoms with van der Waals surface area (Å²) in [5, 5.41) is 15.9. The molecule has 9 nitrogen and oxygen atoms in total. The Morgan fingerprint density at radius 3 is 2.50 bits per heavy atom. The lowest BCUT2D eigenvalue weighted by molar-refractivity contribution is -0.209. The van der Waals surface area contributed by atoms with E-state index in [-0.39, 0.29) is 30.1 Å². The van der Waals surface area contributed by atoms with Gasteiger partial charge < -0.3 is 20.5 Å². The van der Waals surface area contributed by atoms with Gasteiger partial charge in [-0.1, -0.05) is 54.6 Å². The number of hydrogen-bond donors (Lipinski definition) is 3. The summed E-state index contributed by atoms with van der Waals surface area (Å²) in [6, 6.07) is 22.3. The molecule has 0 saturated carbocycles. The highest BCUT2D eigenvalue weighted by Gasteiger charge is 2.52. The van der Waals surface area contributed by atoms with Crippen LogP contribution in [0.2, 0.25) is 0 Å². The smallest absolute Gasteiger partial charge is 0.335 e. The van der Waals surface area contributed by atoms with Crippen molar-refractivity contribution in [1.29, 1.82) is 0 Å². The highest BCUT2D eigenvalue weighted by molar-refractivity contribution is 8.00. The van der Waals surface area contributed by atoms with Gasteiger partial charge in [0.2, 0.25) is 0 Å². The minimum atomic E-state index is -1.23. The number of hydroxylamine groups is 2. The maximum atomic E-state index is 13.3. The molecule has 1 fully saturated rings. The van der Waals surface area contributed by atoms with Crippen LogP contribution in [0, 0.1) is 6.92 Å². The van der Waals surface area contributed by atoms with Gasteiger partial charge in [-0.2, -0.15) is 0 Å². The Labute approximate surface area is 225 Å². The Balaban J connectivity index is 1.58. The lowest BCUT2D eigenvalue weighted by atomic mass is 10.1. The second-order valence-corrected chi connectivity index (χ2v) is 9.92. The van der Waals surface area contributed by atoms with Crippen LogP contribution in [-0.2, 0) is 16.1 Å². The highest BCUT2D eigenvalue weighted by atomic mass is 32.2. The molecule has 1 aliphatic rings. The molecule has 1 saturated heterocycles. The molecule has 3 aromatic carbocycles. The average Bonchev–Trinajstić information content (AvgIpc) is 3.27. The molecule has 3 aromatic rings. The average molecular weight is 536 g/mol. The number of urea groups is 1. The number of anilines is 1. The van der Waals surface area contributed by atoms with Crippen molar-refractivity contribution in [2.24, 2.45) is 0 Å². The zero-order valence-corrected chi connectivity index (χ0v) is 21.9. The van der Waals surface area contributed by atoms with Crippen molar-refractivity contribution >= 4 is 35.2 Å². The number of carbonyl (C=O) groups is 3. The van der Waals surface area contributed by atoms with Crippen molar-refractivity contribution in [1.82, 2.24) is 10.4 Å². The number of nitrogens with zero attached hydrogens (tertiary/aromatic N) is 1. The molecule has 0 bridgehead atoms. The first-order valence-electron chi connectivity index (χ1n) is 11.9. The Hall–Kier alpha value is -3.86. The largest absolute Gasteiger partial charge is 0.490 e. The van der Waals surface area contributed by atoms with Crippen LogP contribution in [0.4, 0.5) is 10.5 Å². The maximum Gasteiger partial charge on any atom is 0.335 e. The number of amides is 2. The molecule has 38 heavy (non-hydrogen) atoms. The Kier molecular flexibility index (Phi) is 8.67. The first-order chi connectivity index (χ1) is 18.3. The molecule has 0 aromatic heterocycles. The molecule has 3 N–H and O–H groups in total. The summed E-state index contributed by atoms with van der Waals surface area (Å²) >= 11 is 1.34. The molecule has 2 atom stereocenters. The predicted molar refractivity (Wildman–Crippen MR) is 145 cm³/mol. The van der Waals surface area contributed by atoms with Crippen LogP contribution < -0.4 is 15.4 Å². The van der Waals surface area contributed by atoms with Gasteiger partial charge in [-0.25, -0.2) is 9.59 Å². The van der Waals surface area contributed by atoms with Gasteiger partial charge in [-0.05, 0) is 42.3 Å². The zero-order chi connectivity index (χ0) is 27.1. The van der Waals surface area contributed by atoms with E-state index < -0.39 is 23.0 Å². The number of para-hydroxylation sites is 1. The molecular formula is C28H29N3O6S. The van der Waals surface area contributed by atoms with E-state index in [9.17, 15) is 19.5 Å². The number of hydrogen-bond acceptors (Lipinski definition) is 7. The highest BCUT2D eigenvalue weighted by Crippen LogP contribution is 2.37. The summed E-state index contributed by atoms with van der Waals surface area (Å²) < 4.78 is 5.99. The van der Waals surface area contributed by atoms with E-state index in [4.69, 9.17) is 9.57 Å². The van der Waals surface area contributed by atoms with Gasteiger partial charge in [0.15, 0.2) is 11.4 Å². The number of carbonyl (C=O) groups excluding carboxylic acids is 2. The monoisotopic (exact) mass is 535 g/mol. The van der Waals surface area contributed by atoms with Crippen LogP contribution in [0.3, 0.4) is 0 Å². The van der Waals surface area contributed by atoms with Gasteiger partial charge in [0, 0.05) is 17.9 Å². The van der Waals surface area contributed by atoms with Gasteiger partial charge in [0.25, 0.3) is 0 Å². The summed E-state index contributed by atoms with van der Waals surface area (Å²) in [7, 11) is 1.44. The van der Waals surface area contributed by atoms with Crippen LogP contribution in [0.15, 0.2) is 78.9 Å². The number of aryl methyl sites for hydroxylation is 1. The minimum Gasteiger partial charge on any atom is -0.490 e. The van der Waals surface area contributed by atoms with Gasteiger partial charge in [0.05, 0.1) is 12.7 Å². The van der Waals surface area contributed by atoms with Crippen molar-refractivity contribution in [2.45, 2.75) is 24.4 Å². The van der Waals surface area contributed by atoms with Crippen LogP contribution >= 0.6 is 11.8 Å².